The van der Waals surface area contributed by atoms with Crippen LogP contribution in [0.4, 0.5) is 0 Å². The van der Waals surface area contributed by atoms with Crippen LogP contribution < -0.4 is 0 Å². The number of carboxylic acid groups (broad SMARTS) is 1. The van der Waals surface area contributed by atoms with E-state index in [-0.39, 0.29) is 0 Å². The molecule has 1 rings (SSSR count). The fourth-order valence-electron chi connectivity index (χ4n) is 0.830. The SMILES string of the molecule is C/C=C/c1nc(C)c(C(=O)O)s1. The molecular formula is C8H9NO2S. The third kappa shape index (κ3) is 1.71. The van der Waals surface area contributed by atoms with Gasteiger partial charge >= 0.3 is 5.97 Å². The molecule has 0 fully saturated rings. The Kier molecular flexibility index (Phi) is 2.60. The Morgan fingerprint density at radius 2 is 2.33 bits per heavy atom. The van der Waals surface area contributed by atoms with Crippen LogP contribution in [0.3, 0.4) is 0 Å². The van der Waals surface area contributed by atoms with Crippen LogP contribution in [0.5, 0.6) is 0 Å². The minimum atomic E-state index is -0.902. The number of thiazole rings is 1. The lowest BCUT2D eigenvalue weighted by Gasteiger charge is -1.84. The van der Waals surface area contributed by atoms with Gasteiger partial charge in [-0.05, 0) is 19.9 Å². The molecule has 1 aromatic rings. The van der Waals surface area contributed by atoms with Crippen LogP contribution in [0.15, 0.2) is 6.08 Å². The van der Waals surface area contributed by atoms with Crippen molar-refractivity contribution < 1.29 is 9.90 Å². The van der Waals surface area contributed by atoms with Gasteiger partial charge in [-0.2, -0.15) is 0 Å². The van der Waals surface area contributed by atoms with Crippen molar-refractivity contribution in [2.45, 2.75) is 13.8 Å². The summed E-state index contributed by atoms with van der Waals surface area (Å²) in [7, 11) is 0. The smallest absolute Gasteiger partial charge is 0.347 e. The monoisotopic (exact) mass is 183 g/mol. The molecule has 64 valence electrons. The molecule has 0 bridgehead atoms. The molecule has 3 nitrogen and oxygen atoms in total. The van der Waals surface area contributed by atoms with E-state index in [1.54, 1.807) is 13.0 Å². The molecule has 1 aromatic heterocycles. The minimum Gasteiger partial charge on any atom is -0.477 e. The van der Waals surface area contributed by atoms with Gasteiger partial charge in [0.05, 0.1) is 5.69 Å². The van der Waals surface area contributed by atoms with Crippen molar-refractivity contribution in [2.75, 3.05) is 0 Å². The van der Waals surface area contributed by atoms with Crippen molar-refractivity contribution in [1.29, 1.82) is 0 Å². The van der Waals surface area contributed by atoms with E-state index in [9.17, 15) is 4.79 Å². The van der Waals surface area contributed by atoms with Gasteiger partial charge in [0.25, 0.3) is 0 Å². The Balaban J connectivity index is 3.08. The highest BCUT2D eigenvalue weighted by molar-refractivity contribution is 7.14. The van der Waals surface area contributed by atoms with Crippen LogP contribution in [-0.4, -0.2) is 16.1 Å². The zero-order valence-electron chi connectivity index (χ0n) is 6.87. The molecule has 0 saturated heterocycles. The van der Waals surface area contributed by atoms with Gasteiger partial charge in [0, 0.05) is 0 Å². The number of carbonyl (C=O) groups is 1. The van der Waals surface area contributed by atoms with Gasteiger partial charge in [-0.3, -0.25) is 0 Å². The van der Waals surface area contributed by atoms with Crippen LogP contribution in [0, 0.1) is 6.92 Å². The van der Waals surface area contributed by atoms with Crippen LogP contribution in [0.1, 0.15) is 27.3 Å². The van der Waals surface area contributed by atoms with E-state index in [0.717, 1.165) is 5.01 Å². The summed E-state index contributed by atoms with van der Waals surface area (Å²) in [6, 6.07) is 0. The molecule has 4 heteroatoms. The highest BCUT2D eigenvalue weighted by Gasteiger charge is 2.11. The van der Waals surface area contributed by atoms with Crippen molar-refractivity contribution in [3.8, 4) is 0 Å². The third-order valence-electron chi connectivity index (χ3n) is 1.32. The highest BCUT2D eigenvalue weighted by Crippen LogP contribution is 2.18. The Labute approximate surface area is 74.4 Å². The van der Waals surface area contributed by atoms with Crippen LogP contribution in [0.25, 0.3) is 6.08 Å². The summed E-state index contributed by atoms with van der Waals surface area (Å²) >= 11 is 1.19. The number of nitrogens with zero attached hydrogens (tertiary/aromatic N) is 1. The second-order valence-corrected chi connectivity index (χ2v) is 3.30. The highest BCUT2D eigenvalue weighted by atomic mass is 32.1. The first-order chi connectivity index (χ1) is 5.65. The lowest BCUT2D eigenvalue weighted by molar-refractivity contribution is 0.0701. The molecule has 1 N–H and O–H groups in total. The molecule has 12 heavy (non-hydrogen) atoms. The molecule has 0 saturated carbocycles. The first-order valence-electron chi connectivity index (χ1n) is 3.48. The molecule has 0 atom stereocenters. The maximum absolute atomic E-state index is 10.6. The average Bonchev–Trinajstić information content (AvgIpc) is 2.32. The van der Waals surface area contributed by atoms with E-state index in [1.165, 1.54) is 11.3 Å². The predicted molar refractivity (Wildman–Crippen MR) is 48.5 cm³/mol. The molecule has 0 aromatic carbocycles. The standard InChI is InChI=1S/C8H9NO2S/c1-3-4-6-9-5(2)7(12-6)8(10)11/h3-4H,1-2H3,(H,10,11)/b4-3+. The minimum absolute atomic E-state index is 0.322. The second kappa shape index (κ2) is 3.49. The average molecular weight is 183 g/mol. The van der Waals surface area contributed by atoms with Crippen LogP contribution in [0.2, 0.25) is 0 Å². The summed E-state index contributed by atoms with van der Waals surface area (Å²) in [5.74, 6) is -0.902. The number of aryl methyl sites for hydroxylation is 1. The topological polar surface area (TPSA) is 50.2 Å². The van der Waals surface area contributed by atoms with Gasteiger partial charge in [-0.1, -0.05) is 6.08 Å². The Bertz CT molecular complexity index is 328. The fraction of sp³-hybridized carbons (Fsp3) is 0.250. The fourth-order valence-corrected chi connectivity index (χ4v) is 1.71. The summed E-state index contributed by atoms with van der Waals surface area (Å²) < 4.78 is 0. The maximum atomic E-state index is 10.6. The number of hydrogen-bond acceptors (Lipinski definition) is 3. The number of carboxylic acids is 1. The van der Waals surface area contributed by atoms with Crippen LogP contribution >= 0.6 is 11.3 Å². The first-order valence-corrected chi connectivity index (χ1v) is 4.30. The molecule has 0 radical (unpaired) electrons. The van der Waals surface area contributed by atoms with Gasteiger partial charge in [0.1, 0.15) is 9.88 Å². The maximum Gasteiger partial charge on any atom is 0.347 e. The van der Waals surface area contributed by atoms with E-state index in [0.29, 0.717) is 10.6 Å². The zero-order valence-corrected chi connectivity index (χ0v) is 7.68. The Morgan fingerprint density at radius 1 is 1.67 bits per heavy atom. The Hall–Kier alpha value is -1.16. The third-order valence-corrected chi connectivity index (χ3v) is 2.43. The van der Waals surface area contributed by atoms with Crippen molar-refractivity contribution in [2.24, 2.45) is 0 Å². The zero-order chi connectivity index (χ0) is 9.14. The largest absolute Gasteiger partial charge is 0.477 e. The van der Waals surface area contributed by atoms with E-state index in [2.05, 4.69) is 4.98 Å². The molecule has 0 aliphatic heterocycles. The lowest BCUT2D eigenvalue weighted by Crippen LogP contribution is -1.94. The summed E-state index contributed by atoms with van der Waals surface area (Å²) in [5, 5.41) is 9.44. The van der Waals surface area contributed by atoms with E-state index < -0.39 is 5.97 Å². The Morgan fingerprint density at radius 3 is 2.75 bits per heavy atom. The van der Waals surface area contributed by atoms with E-state index in [4.69, 9.17) is 5.11 Å². The van der Waals surface area contributed by atoms with Crippen LogP contribution in [-0.2, 0) is 0 Å². The molecule has 0 unspecified atom stereocenters. The molecule has 1 heterocycles. The second-order valence-electron chi connectivity index (χ2n) is 2.27. The van der Waals surface area contributed by atoms with Gasteiger partial charge in [-0.15, -0.1) is 11.3 Å². The molecule has 0 amide bonds. The quantitative estimate of drug-likeness (QED) is 0.764. The number of allylic oxidation sites excluding steroid dienone is 1. The van der Waals surface area contributed by atoms with Gasteiger partial charge in [0.2, 0.25) is 0 Å². The molecule has 0 aliphatic carbocycles. The van der Waals surface area contributed by atoms with Crippen molar-refractivity contribution in [3.05, 3.63) is 21.7 Å². The summed E-state index contributed by atoms with van der Waals surface area (Å²) in [5.41, 5.74) is 0.584. The summed E-state index contributed by atoms with van der Waals surface area (Å²) in [6.07, 6.45) is 3.63. The molecule has 0 aliphatic rings. The van der Waals surface area contributed by atoms with E-state index >= 15 is 0 Å². The molecule has 0 spiro atoms. The van der Waals surface area contributed by atoms with Gasteiger partial charge in [-0.25, -0.2) is 9.78 Å². The summed E-state index contributed by atoms with van der Waals surface area (Å²) in [6.45, 7) is 3.57. The summed E-state index contributed by atoms with van der Waals surface area (Å²) in [4.78, 5) is 15.0. The first kappa shape index (κ1) is 8.93. The number of rotatable bonds is 2. The van der Waals surface area contributed by atoms with Gasteiger partial charge in [0.15, 0.2) is 0 Å². The van der Waals surface area contributed by atoms with Crippen molar-refractivity contribution in [3.63, 3.8) is 0 Å². The normalized spacial score (nSPS) is 10.8. The number of aromatic nitrogens is 1. The lowest BCUT2D eigenvalue weighted by atomic mass is 10.4. The van der Waals surface area contributed by atoms with Crippen molar-refractivity contribution in [1.82, 2.24) is 4.98 Å². The number of hydrogen-bond donors (Lipinski definition) is 1. The predicted octanol–water partition coefficient (Wildman–Crippen LogP) is 2.18. The van der Waals surface area contributed by atoms with Gasteiger partial charge < -0.3 is 5.11 Å². The van der Waals surface area contributed by atoms with Crippen molar-refractivity contribution >= 4 is 23.4 Å². The molecular weight excluding hydrogens is 174 g/mol. The van der Waals surface area contributed by atoms with E-state index in [1.807, 2.05) is 13.0 Å². The number of aromatic carboxylic acids is 1.